The highest BCUT2D eigenvalue weighted by Crippen LogP contribution is 2.17. The third-order valence-corrected chi connectivity index (χ3v) is 4.67. The van der Waals surface area contributed by atoms with Crippen LogP contribution in [0.5, 0.6) is 0 Å². The molecule has 94 valence electrons. The summed E-state index contributed by atoms with van der Waals surface area (Å²) < 4.78 is 27.9. The molecule has 16 heavy (non-hydrogen) atoms. The molecule has 0 saturated heterocycles. The Labute approximate surface area is 97.3 Å². The SMILES string of the molecule is CCS(=O)(=O)CCCOC1CCC(=O)CC1. The highest BCUT2D eigenvalue weighted by molar-refractivity contribution is 7.91. The van der Waals surface area contributed by atoms with Gasteiger partial charge in [-0.2, -0.15) is 0 Å². The number of hydrogen-bond acceptors (Lipinski definition) is 4. The van der Waals surface area contributed by atoms with Gasteiger partial charge in [0.15, 0.2) is 0 Å². The van der Waals surface area contributed by atoms with Gasteiger partial charge in [0, 0.05) is 25.2 Å². The Hall–Kier alpha value is -0.420. The molecule has 0 aromatic heterocycles. The van der Waals surface area contributed by atoms with Crippen LogP contribution >= 0.6 is 0 Å². The van der Waals surface area contributed by atoms with Crippen LogP contribution < -0.4 is 0 Å². The molecule has 0 aliphatic heterocycles. The summed E-state index contributed by atoms with van der Waals surface area (Å²) in [5.74, 6) is 0.716. The van der Waals surface area contributed by atoms with Crippen LogP contribution in [-0.2, 0) is 19.4 Å². The van der Waals surface area contributed by atoms with Crippen LogP contribution in [0.25, 0.3) is 0 Å². The van der Waals surface area contributed by atoms with Crippen LogP contribution in [-0.4, -0.2) is 38.4 Å². The van der Waals surface area contributed by atoms with Crippen molar-refractivity contribution < 1.29 is 17.9 Å². The second-order valence-corrected chi connectivity index (χ2v) is 6.67. The Balaban J connectivity index is 2.10. The zero-order chi connectivity index (χ0) is 12.0. The molecule has 0 atom stereocenters. The highest BCUT2D eigenvalue weighted by Gasteiger charge is 2.19. The normalized spacial score (nSPS) is 18.9. The van der Waals surface area contributed by atoms with Crippen LogP contribution in [0.15, 0.2) is 0 Å². The van der Waals surface area contributed by atoms with Gasteiger partial charge in [0.1, 0.15) is 15.6 Å². The smallest absolute Gasteiger partial charge is 0.150 e. The zero-order valence-electron chi connectivity index (χ0n) is 9.78. The fraction of sp³-hybridized carbons (Fsp3) is 0.909. The van der Waals surface area contributed by atoms with Crippen molar-refractivity contribution in [3.8, 4) is 0 Å². The molecule has 0 heterocycles. The van der Waals surface area contributed by atoms with Gasteiger partial charge >= 0.3 is 0 Å². The first kappa shape index (κ1) is 13.6. The van der Waals surface area contributed by atoms with Gasteiger partial charge < -0.3 is 4.74 Å². The summed E-state index contributed by atoms with van der Waals surface area (Å²) in [5, 5.41) is 0. The number of Topliss-reactive ketones (excluding diaryl/α,β-unsaturated/α-hetero) is 1. The first-order chi connectivity index (χ1) is 7.53. The maximum absolute atomic E-state index is 11.2. The van der Waals surface area contributed by atoms with Gasteiger partial charge in [0.25, 0.3) is 0 Å². The molecule has 1 fully saturated rings. The van der Waals surface area contributed by atoms with E-state index in [0.717, 1.165) is 12.8 Å². The summed E-state index contributed by atoms with van der Waals surface area (Å²) in [6, 6.07) is 0. The van der Waals surface area contributed by atoms with E-state index < -0.39 is 9.84 Å². The summed E-state index contributed by atoms with van der Waals surface area (Å²) in [5.41, 5.74) is 0. The van der Waals surface area contributed by atoms with E-state index in [1.165, 1.54) is 0 Å². The summed E-state index contributed by atoms with van der Waals surface area (Å²) in [7, 11) is -2.87. The Morgan fingerprint density at radius 1 is 1.31 bits per heavy atom. The monoisotopic (exact) mass is 248 g/mol. The molecule has 5 heteroatoms. The van der Waals surface area contributed by atoms with E-state index in [4.69, 9.17) is 4.74 Å². The van der Waals surface area contributed by atoms with Gasteiger partial charge in [0.2, 0.25) is 0 Å². The van der Waals surface area contributed by atoms with Crippen LogP contribution in [0.4, 0.5) is 0 Å². The molecule has 0 bridgehead atoms. The summed E-state index contributed by atoms with van der Waals surface area (Å²) in [4.78, 5) is 11.0. The van der Waals surface area contributed by atoms with E-state index >= 15 is 0 Å². The number of hydrogen-bond donors (Lipinski definition) is 0. The molecule has 0 amide bonds. The van der Waals surface area contributed by atoms with Gasteiger partial charge in [-0.25, -0.2) is 8.42 Å². The minimum Gasteiger partial charge on any atom is -0.378 e. The number of carbonyl (C=O) groups is 1. The lowest BCUT2D eigenvalue weighted by Gasteiger charge is -2.21. The largest absolute Gasteiger partial charge is 0.378 e. The quantitative estimate of drug-likeness (QED) is 0.665. The first-order valence-electron chi connectivity index (χ1n) is 5.87. The molecule has 0 aromatic carbocycles. The number of sulfone groups is 1. The van der Waals surface area contributed by atoms with Gasteiger partial charge in [0.05, 0.1) is 11.9 Å². The van der Waals surface area contributed by atoms with Crippen LogP contribution in [0, 0.1) is 0 Å². The standard InChI is InChI=1S/C11H20O4S/c1-2-16(13,14)9-3-8-15-11-6-4-10(12)5-7-11/h11H,2-9H2,1H3. The Bertz CT molecular complexity index is 311. The molecule has 0 aromatic rings. The molecule has 1 saturated carbocycles. The molecular formula is C11H20O4S. The summed E-state index contributed by atoms with van der Waals surface area (Å²) in [6.45, 7) is 2.14. The Kier molecular flexibility index (Phi) is 5.41. The van der Waals surface area contributed by atoms with Gasteiger partial charge in [-0.15, -0.1) is 0 Å². The van der Waals surface area contributed by atoms with Gasteiger partial charge in [-0.3, -0.25) is 4.79 Å². The molecule has 1 aliphatic carbocycles. The topological polar surface area (TPSA) is 60.4 Å². The van der Waals surface area contributed by atoms with Gasteiger partial charge in [-0.1, -0.05) is 6.92 Å². The minimum absolute atomic E-state index is 0.155. The highest BCUT2D eigenvalue weighted by atomic mass is 32.2. The molecular weight excluding hydrogens is 228 g/mol. The molecule has 1 rings (SSSR count). The minimum atomic E-state index is -2.87. The maximum atomic E-state index is 11.2. The maximum Gasteiger partial charge on any atom is 0.150 e. The van der Waals surface area contributed by atoms with E-state index in [1.807, 2.05) is 0 Å². The van der Waals surface area contributed by atoms with Crippen LogP contribution in [0.2, 0.25) is 0 Å². The van der Waals surface area contributed by atoms with Gasteiger partial charge in [-0.05, 0) is 19.3 Å². The number of ketones is 1. The van der Waals surface area contributed by atoms with E-state index in [0.29, 0.717) is 31.7 Å². The number of ether oxygens (including phenoxy) is 1. The van der Waals surface area contributed by atoms with Crippen LogP contribution in [0.1, 0.15) is 39.0 Å². The molecule has 0 unspecified atom stereocenters. The molecule has 0 radical (unpaired) electrons. The zero-order valence-corrected chi connectivity index (χ0v) is 10.6. The lowest BCUT2D eigenvalue weighted by Crippen LogP contribution is -2.22. The predicted molar refractivity (Wildman–Crippen MR) is 62.2 cm³/mol. The summed E-state index contributed by atoms with van der Waals surface area (Å²) >= 11 is 0. The Morgan fingerprint density at radius 3 is 2.50 bits per heavy atom. The van der Waals surface area contributed by atoms with Crippen molar-refractivity contribution in [2.45, 2.75) is 45.1 Å². The van der Waals surface area contributed by atoms with Crippen molar-refractivity contribution in [2.75, 3.05) is 18.1 Å². The molecule has 1 aliphatic rings. The average Bonchev–Trinajstić information content (AvgIpc) is 2.27. The average molecular weight is 248 g/mol. The Morgan fingerprint density at radius 2 is 1.94 bits per heavy atom. The second kappa shape index (κ2) is 6.35. The van der Waals surface area contributed by atoms with E-state index in [1.54, 1.807) is 6.92 Å². The summed E-state index contributed by atoms with van der Waals surface area (Å²) in [6.07, 6.45) is 3.51. The molecule has 4 nitrogen and oxygen atoms in total. The predicted octanol–water partition coefficient (Wildman–Crippen LogP) is 1.34. The lowest BCUT2D eigenvalue weighted by atomic mass is 9.96. The van der Waals surface area contributed by atoms with E-state index in [-0.39, 0.29) is 17.6 Å². The fourth-order valence-corrected chi connectivity index (χ4v) is 2.60. The van der Waals surface area contributed by atoms with Crippen molar-refractivity contribution in [2.24, 2.45) is 0 Å². The fourth-order valence-electron chi connectivity index (χ4n) is 1.75. The van der Waals surface area contributed by atoms with Crippen molar-refractivity contribution in [1.82, 2.24) is 0 Å². The molecule has 0 spiro atoms. The van der Waals surface area contributed by atoms with Crippen LogP contribution in [0.3, 0.4) is 0 Å². The van der Waals surface area contributed by atoms with Crippen molar-refractivity contribution in [3.63, 3.8) is 0 Å². The second-order valence-electron chi connectivity index (χ2n) is 4.20. The van der Waals surface area contributed by atoms with E-state index in [2.05, 4.69) is 0 Å². The van der Waals surface area contributed by atoms with Crippen molar-refractivity contribution in [1.29, 1.82) is 0 Å². The third-order valence-electron chi connectivity index (χ3n) is 2.88. The van der Waals surface area contributed by atoms with Crippen molar-refractivity contribution >= 4 is 15.6 Å². The first-order valence-corrected chi connectivity index (χ1v) is 7.69. The van der Waals surface area contributed by atoms with Crippen molar-refractivity contribution in [3.05, 3.63) is 0 Å². The molecule has 0 N–H and O–H groups in total. The number of carbonyl (C=O) groups excluding carboxylic acids is 1. The van der Waals surface area contributed by atoms with E-state index in [9.17, 15) is 13.2 Å². The lowest BCUT2D eigenvalue weighted by molar-refractivity contribution is -0.122. The number of rotatable bonds is 6. The third kappa shape index (κ3) is 5.07.